The predicted octanol–water partition coefficient (Wildman–Crippen LogP) is 2.45. The van der Waals surface area contributed by atoms with Crippen molar-refractivity contribution >= 4 is 17.5 Å². The lowest BCUT2D eigenvalue weighted by molar-refractivity contribution is 0.0745. The molecule has 0 N–H and O–H groups in total. The number of anilines is 1. The zero-order chi connectivity index (χ0) is 21.5. The summed E-state index contributed by atoms with van der Waals surface area (Å²) in [6.07, 6.45) is 3.19. The summed E-state index contributed by atoms with van der Waals surface area (Å²) in [5.74, 6) is 2.51. The Hall–Kier alpha value is -3.62. The Labute approximate surface area is 179 Å². The molecule has 0 unspecified atom stereocenters. The molecule has 0 bridgehead atoms. The van der Waals surface area contributed by atoms with E-state index in [1.54, 1.807) is 10.8 Å². The maximum absolute atomic E-state index is 13.3. The van der Waals surface area contributed by atoms with Crippen molar-refractivity contribution in [2.45, 2.75) is 27.3 Å². The van der Waals surface area contributed by atoms with Gasteiger partial charge in [-0.3, -0.25) is 4.79 Å². The van der Waals surface area contributed by atoms with E-state index in [9.17, 15) is 4.79 Å². The van der Waals surface area contributed by atoms with Gasteiger partial charge in [0.15, 0.2) is 0 Å². The normalized spacial score (nSPS) is 14.5. The van der Waals surface area contributed by atoms with E-state index in [-0.39, 0.29) is 5.91 Å². The molecule has 1 fully saturated rings. The third-order valence-corrected chi connectivity index (χ3v) is 5.95. The number of aryl methyl sites for hydroxylation is 2. The monoisotopic (exact) mass is 419 g/mol. The lowest BCUT2D eigenvalue weighted by atomic mass is 10.2. The van der Waals surface area contributed by atoms with Crippen molar-refractivity contribution in [1.29, 1.82) is 0 Å². The fraction of sp³-hybridized carbons (Fsp3) is 0.364. The van der Waals surface area contributed by atoms with E-state index in [2.05, 4.69) is 24.5 Å². The standard InChI is InChI=1S/C22H25N7O2/c1-15-11-20(29-22(25-15)23-14-24-29)26-6-8-27(9-7-26)21(30)19-12-16(2)28(17(19)3)13-18-5-4-10-31-18/h4-5,10-12,14H,6-9,13H2,1-3H3. The minimum atomic E-state index is 0.0789. The Morgan fingerprint density at radius 3 is 2.68 bits per heavy atom. The fourth-order valence-electron chi connectivity index (χ4n) is 4.26. The number of amides is 1. The van der Waals surface area contributed by atoms with Crippen molar-refractivity contribution in [3.8, 4) is 0 Å². The summed E-state index contributed by atoms with van der Waals surface area (Å²) in [6.45, 7) is 9.37. The van der Waals surface area contributed by atoms with Crippen molar-refractivity contribution < 1.29 is 9.21 Å². The molecule has 1 aliphatic rings. The topological polar surface area (TPSA) is 84.7 Å². The molecule has 0 aliphatic carbocycles. The molecule has 9 heteroatoms. The van der Waals surface area contributed by atoms with E-state index in [4.69, 9.17) is 4.42 Å². The SMILES string of the molecule is Cc1cc(N2CCN(C(=O)c3cc(C)n(Cc4ccco4)c3C)CC2)n2ncnc2n1. The number of carbonyl (C=O) groups is 1. The number of rotatable bonds is 4. The minimum absolute atomic E-state index is 0.0789. The zero-order valence-corrected chi connectivity index (χ0v) is 17.9. The van der Waals surface area contributed by atoms with Gasteiger partial charge in [-0.25, -0.2) is 4.98 Å². The van der Waals surface area contributed by atoms with Crippen LogP contribution in [-0.2, 0) is 6.54 Å². The van der Waals surface area contributed by atoms with Crippen LogP contribution in [0.15, 0.2) is 41.3 Å². The highest BCUT2D eigenvalue weighted by Crippen LogP contribution is 2.22. The minimum Gasteiger partial charge on any atom is -0.467 e. The first kappa shape index (κ1) is 19.3. The van der Waals surface area contributed by atoms with Gasteiger partial charge in [-0.15, -0.1) is 0 Å². The number of hydrogen-bond acceptors (Lipinski definition) is 6. The highest BCUT2D eigenvalue weighted by molar-refractivity contribution is 5.96. The van der Waals surface area contributed by atoms with Gasteiger partial charge in [0, 0.05) is 49.3 Å². The van der Waals surface area contributed by atoms with Crippen LogP contribution in [0.2, 0.25) is 0 Å². The van der Waals surface area contributed by atoms with Crippen molar-refractivity contribution in [3.63, 3.8) is 0 Å². The Morgan fingerprint density at radius 2 is 1.94 bits per heavy atom. The Balaban J connectivity index is 1.32. The Morgan fingerprint density at radius 1 is 1.13 bits per heavy atom. The lowest BCUT2D eigenvalue weighted by Gasteiger charge is -2.36. The van der Waals surface area contributed by atoms with Crippen LogP contribution in [0.25, 0.3) is 5.78 Å². The molecule has 0 atom stereocenters. The van der Waals surface area contributed by atoms with E-state index in [1.165, 1.54) is 6.33 Å². The average molecular weight is 419 g/mol. The van der Waals surface area contributed by atoms with Crippen molar-refractivity contribution in [2.75, 3.05) is 31.1 Å². The van der Waals surface area contributed by atoms with Crippen LogP contribution in [0, 0.1) is 20.8 Å². The zero-order valence-electron chi connectivity index (χ0n) is 17.9. The summed E-state index contributed by atoms with van der Waals surface area (Å²) < 4.78 is 9.37. The molecule has 4 aromatic heterocycles. The third kappa shape index (κ3) is 3.45. The molecule has 1 amide bonds. The molecule has 5 heterocycles. The number of carbonyl (C=O) groups excluding carboxylic acids is 1. The highest BCUT2D eigenvalue weighted by Gasteiger charge is 2.26. The second-order valence-corrected chi connectivity index (χ2v) is 7.96. The second kappa shape index (κ2) is 7.57. The second-order valence-electron chi connectivity index (χ2n) is 7.96. The van der Waals surface area contributed by atoms with Crippen molar-refractivity contribution in [2.24, 2.45) is 0 Å². The molecule has 9 nitrogen and oxygen atoms in total. The maximum Gasteiger partial charge on any atom is 0.255 e. The first-order chi connectivity index (χ1) is 15.0. The summed E-state index contributed by atoms with van der Waals surface area (Å²) in [6, 6.07) is 7.83. The Kier molecular flexibility index (Phi) is 4.72. The summed E-state index contributed by atoms with van der Waals surface area (Å²) in [7, 11) is 0. The fourth-order valence-corrected chi connectivity index (χ4v) is 4.26. The molecule has 31 heavy (non-hydrogen) atoms. The van der Waals surface area contributed by atoms with Gasteiger partial charge < -0.3 is 18.8 Å². The van der Waals surface area contributed by atoms with E-state index in [1.807, 2.05) is 49.9 Å². The molecule has 160 valence electrons. The molecule has 5 rings (SSSR count). The van der Waals surface area contributed by atoms with Crippen LogP contribution in [0.1, 0.15) is 33.2 Å². The molecular formula is C22H25N7O2. The number of fused-ring (bicyclic) bond motifs is 1. The van der Waals surface area contributed by atoms with Gasteiger partial charge in [0.1, 0.15) is 17.9 Å². The molecule has 0 radical (unpaired) electrons. The smallest absolute Gasteiger partial charge is 0.255 e. The highest BCUT2D eigenvalue weighted by atomic mass is 16.3. The lowest BCUT2D eigenvalue weighted by Crippen LogP contribution is -2.49. The van der Waals surface area contributed by atoms with E-state index >= 15 is 0 Å². The molecular weight excluding hydrogens is 394 g/mol. The van der Waals surface area contributed by atoms with Gasteiger partial charge in [0.05, 0.1) is 18.4 Å². The first-order valence-corrected chi connectivity index (χ1v) is 10.4. The number of piperazine rings is 1. The molecule has 1 aliphatic heterocycles. The van der Waals surface area contributed by atoms with Gasteiger partial charge in [0.2, 0.25) is 0 Å². The van der Waals surface area contributed by atoms with E-state index in [0.717, 1.165) is 47.3 Å². The van der Waals surface area contributed by atoms with Crippen LogP contribution in [0.3, 0.4) is 0 Å². The van der Waals surface area contributed by atoms with Gasteiger partial charge in [-0.2, -0.15) is 14.6 Å². The quantitative estimate of drug-likeness (QED) is 0.505. The van der Waals surface area contributed by atoms with Gasteiger partial charge >= 0.3 is 0 Å². The number of furan rings is 1. The van der Waals surface area contributed by atoms with Crippen molar-refractivity contribution in [1.82, 2.24) is 29.0 Å². The van der Waals surface area contributed by atoms with Gasteiger partial charge in [-0.05, 0) is 39.0 Å². The van der Waals surface area contributed by atoms with Gasteiger partial charge in [-0.1, -0.05) is 0 Å². The van der Waals surface area contributed by atoms with Crippen molar-refractivity contribution in [3.05, 3.63) is 65.3 Å². The average Bonchev–Trinajstić information content (AvgIpc) is 3.51. The molecule has 1 saturated heterocycles. The summed E-state index contributed by atoms with van der Waals surface area (Å²) in [5, 5.41) is 4.30. The summed E-state index contributed by atoms with van der Waals surface area (Å²) in [4.78, 5) is 26.1. The van der Waals surface area contributed by atoms with Crippen LogP contribution < -0.4 is 4.90 Å². The summed E-state index contributed by atoms with van der Waals surface area (Å²) in [5.41, 5.74) is 3.68. The molecule has 0 aromatic carbocycles. The third-order valence-electron chi connectivity index (χ3n) is 5.95. The Bertz CT molecular complexity index is 1230. The molecule has 0 spiro atoms. The van der Waals surface area contributed by atoms with Crippen LogP contribution in [0.5, 0.6) is 0 Å². The van der Waals surface area contributed by atoms with Crippen LogP contribution in [-0.4, -0.2) is 61.1 Å². The first-order valence-electron chi connectivity index (χ1n) is 10.4. The number of nitrogens with zero attached hydrogens (tertiary/aromatic N) is 7. The van der Waals surface area contributed by atoms with Crippen LogP contribution >= 0.6 is 0 Å². The van der Waals surface area contributed by atoms with Crippen LogP contribution in [0.4, 0.5) is 5.82 Å². The molecule has 0 saturated carbocycles. The molecule has 4 aromatic rings. The van der Waals surface area contributed by atoms with Gasteiger partial charge in [0.25, 0.3) is 11.7 Å². The number of hydrogen-bond donors (Lipinski definition) is 0. The summed E-state index contributed by atoms with van der Waals surface area (Å²) >= 11 is 0. The largest absolute Gasteiger partial charge is 0.467 e. The number of aromatic nitrogens is 5. The van der Waals surface area contributed by atoms with E-state index < -0.39 is 0 Å². The predicted molar refractivity (Wildman–Crippen MR) is 115 cm³/mol. The maximum atomic E-state index is 13.3. The van der Waals surface area contributed by atoms with E-state index in [0.29, 0.717) is 25.4 Å².